The van der Waals surface area contributed by atoms with Gasteiger partial charge in [0, 0.05) is 18.0 Å². The summed E-state index contributed by atoms with van der Waals surface area (Å²) in [7, 11) is 0. The van der Waals surface area contributed by atoms with Crippen LogP contribution in [0.2, 0.25) is 0 Å². The van der Waals surface area contributed by atoms with Crippen LogP contribution in [0.5, 0.6) is 0 Å². The Bertz CT molecular complexity index is 1010. The summed E-state index contributed by atoms with van der Waals surface area (Å²) in [6.07, 6.45) is 2.91. The molecule has 0 saturated carbocycles. The molecule has 0 heterocycles. The van der Waals surface area contributed by atoms with E-state index in [2.05, 4.69) is 29.6 Å². The Morgan fingerprint density at radius 3 is 2.31 bits per heavy atom. The minimum Gasteiger partial charge on any atom is -0.449 e. The van der Waals surface area contributed by atoms with Crippen molar-refractivity contribution in [2.45, 2.75) is 12.8 Å². The average Bonchev–Trinajstić information content (AvgIpc) is 3.05. The summed E-state index contributed by atoms with van der Waals surface area (Å²) in [5, 5.41) is 2.69. The van der Waals surface area contributed by atoms with Crippen LogP contribution in [-0.2, 0) is 4.74 Å². The Kier molecular flexibility index (Phi) is 5.43. The van der Waals surface area contributed by atoms with E-state index in [1.807, 2.05) is 37.3 Å². The number of rotatable bonds is 5. The maximum atomic E-state index is 13.8. The number of benzene rings is 3. The van der Waals surface area contributed by atoms with Gasteiger partial charge in [0.1, 0.15) is 12.4 Å². The largest absolute Gasteiger partial charge is 0.449 e. The highest BCUT2D eigenvalue weighted by molar-refractivity contribution is 5.79. The third-order valence-corrected chi connectivity index (χ3v) is 5.26. The molecule has 0 aliphatic heterocycles. The molecule has 146 valence electrons. The molecular formula is C25H22FNO2. The third kappa shape index (κ3) is 3.92. The summed E-state index contributed by atoms with van der Waals surface area (Å²) in [5.74, 6) is -0.243. The summed E-state index contributed by atoms with van der Waals surface area (Å²) in [5.41, 5.74) is 6.12. The van der Waals surface area contributed by atoms with Gasteiger partial charge in [-0.05, 0) is 40.8 Å². The quantitative estimate of drug-likeness (QED) is 0.611. The van der Waals surface area contributed by atoms with Crippen LogP contribution in [0, 0.1) is 12.7 Å². The molecule has 0 atom stereocenters. The fraction of sp³-hybridized carbons (Fsp3) is 0.160. The van der Waals surface area contributed by atoms with E-state index in [1.54, 1.807) is 18.2 Å². The molecule has 4 rings (SSSR count). The molecule has 0 bridgehead atoms. The summed E-state index contributed by atoms with van der Waals surface area (Å²) >= 11 is 0. The van der Waals surface area contributed by atoms with Crippen LogP contribution in [0.3, 0.4) is 0 Å². The lowest BCUT2D eigenvalue weighted by atomic mass is 9.98. The Morgan fingerprint density at radius 1 is 1.00 bits per heavy atom. The number of ether oxygens (including phenoxy) is 1. The summed E-state index contributed by atoms with van der Waals surface area (Å²) in [6.45, 7) is 2.39. The number of nitrogens with one attached hydrogen (secondary N) is 1. The molecule has 3 aromatic rings. The number of alkyl carbamates (subject to hydrolysis) is 1. The molecule has 1 amide bonds. The van der Waals surface area contributed by atoms with Gasteiger partial charge in [-0.1, -0.05) is 72.8 Å². The molecule has 1 N–H and O–H groups in total. The number of halogens is 1. The number of carbonyl (C=O) groups excluding carboxylic acids is 1. The van der Waals surface area contributed by atoms with Crippen molar-refractivity contribution in [1.82, 2.24) is 5.32 Å². The number of fused-ring (bicyclic) bond motifs is 3. The maximum Gasteiger partial charge on any atom is 0.407 e. The van der Waals surface area contributed by atoms with Gasteiger partial charge in [0.25, 0.3) is 0 Å². The second kappa shape index (κ2) is 8.31. The number of aryl methyl sites for hydroxylation is 1. The van der Waals surface area contributed by atoms with E-state index in [0.717, 1.165) is 5.56 Å². The van der Waals surface area contributed by atoms with E-state index in [0.29, 0.717) is 5.56 Å². The first-order valence-corrected chi connectivity index (χ1v) is 9.65. The number of hydrogen-bond donors (Lipinski definition) is 1. The van der Waals surface area contributed by atoms with Gasteiger partial charge in [-0.25, -0.2) is 9.18 Å². The van der Waals surface area contributed by atoms with Gasteiger partial charge in [-0.2, -0.15) is 0 Å². The van der Waals surface area contributed by atoms with Gasteiger partial charge in [-0.3, -0.25) is 0 Å². The fourth-order valence-corrected chi connectivity index (χ4v) is 3.82. The highest BCUT2D eigenvalue weighted by atomic mass is 19.1. The zero-order valence-electron chi connectivity index (χ0n) is 16.2. The van der Waals surface area contributed by atoms with Crippen molar-refractivity contribution < 1.29 is 13.9 Å². The first-order valence-electron chi connectivity index (χ1n) is 9.65. The first-order chi connectivity index (χ1) is 14.1. The summed E-state index contributed by atoms with van der Waals surface area (Å²) in [4.78, 5) is 12.1. The highest BCUT2D eigenvalue weighted by Gasteiger charge is 2.28. The predicted molar refractivity (Wildman–Crippen MR) is 113 cm³/mol. The number of carbonyl (C=O) groups is 1. The zero-order valence-corrected chi connectivity index (χ0v) is 16.2. The standard InChI is InChI=1S/C25H22FNO2/c1-17-8-6-14-24(26)18(17)13-7-15-27-25(28)29-16-23-21-11-4-2-9-19(21)20-10-3-5-12-22(20)23/h2-14,23H,15-16H2,1H3,(H,27,28). The maximum absolute atomic E-state index is 13.8. The lowest BCUT2D eigenvalue weighted by Gasteiger charge is -2.14. The van der Waals surface area contributed by atoms with Crippen molar-refractivity contribution in [3.8, 4) is 11.1 Å². The van der Waals surface area contributed by atoms with Crippen molar-refractivity contribution in [2.24, 2.45) is 0 Å². The van der Waals surface area contributed by atoms with Crippen LogP contribution in [0.4, 0.5) is 9.18 Å². The normalized spacial score (nSPS) is 12.6. The van der Waals surface area contributed by atoms with Crippen molar-refractivity contribution >= 4 is 12.2 Å². The fourth-order valence-electron chi connectivity index (χ4n) is 3.82. The van der Waals surface area contributed by atoms with Crippen molar-refractivity contribution in [3.63, 3.8) is 0 Å². The molecule has 3 nitrogen and oxygen atoms in total. The molecule has 3 aromatic carbocycles. The van der Waals surface area contributed by atoms with E-state index in [9.17, 15) is 9.18 Å². The van der Waals surface area contributed by atoms with E-state index >= 15 is 0 Å². The zero-order chi connectivity index (χ0) is 20.2. The van der Waals surface area contributed by atoms with Crippen LogP contribution in [0.25, 0.3) is 17.2 Å². The average molecular weight is 387 g/mol. The highest BCUT2D eigenvalue weighted by Crippen LogP contribution is 2.44. The molecular weight excluding hydrogens is 365 g/mol. The monoisotopic (exact) mass is 387 g/mol. The smallest absolute Gasteiger partial charge is 0.407 e. The van der Waals surface area contributed by atoms with E-state index in [-0.39, 0.29) is 24.9 Å². The molecule has 0 aromatic heterocycles. The topological polar surface area (TPSA) is 38.3 Å². The molecule has 4 heteroatoms. The van der Waals surface area contributed by atoms with Gasteiger partial charge in [0.2, 0.25) is 0 Å². The van der Waals surface area contributed by atoms with Gasteiger partial charge >= 0.3 is 6.09 Å². The number of amides is 1. The lowest BCUT2D eigenvalue weighted by molar-refractivity contribution is 0.144. The minimum atomic E-state index is -0.484. The second-order valence-corrected chi connectivity index (χ2v) is 7.08. The van der Waals surface area contributed by atoms with E-state index in [4.69, 9.17) is 4.74 Å². The molecule has 29 heavy (non-hydrogen) atoms. The van der Waals surface area contributed by atoms with Crippen molar-refractivity contribution in [3.05, 3.63) is 101 Å². The van der Waals surface area contributed by atoms with Crippen molar-refractivity contribution in [2.75, 3.05) is 13.2 Å². The van der Waals surface area contributed by atoms with Crippen molar-refractivity contribution in [1.29, 1.82) is 0 Å². The van der Waals surface area contributed by atoms with E-state index < -0.39 is 6.09 Å². The summed E-state index contributed by atoms with van der Waals surface area (Å²) < 4.78 is 19.3. The lowest BCUT2D eigenvalue weighted by Crippen LogP contribution is -2.26. The Balaban J connectivity index is 1.35. The van der Waals surface area contributed by atoms with Crippen LogP contribution < -0.4 is 5.32 Å². The minimum absolute atomic E-state index is 0.0322. The van der Waals surface area contributed by atoms with Gasteiger partial charge in [-0.15, -0.1) is 0 Å². The van der Waals surface area contributed by atoms with Crippen LogP contribution in [0.15, 0.2) is 72.8 Å². The van der Waals surface area contributed by atoms with Gasteiger partial charge < -0.3 is 10.1 Å². The molecule has 0 radical (unpaired) electrons. The van der Waals surface area contributed by atoms with Gasteiger partial charge in [0.05, 0.1) is 0 Å². The molecule has 1 aliphatic carbocycles. The van der Waals surface area contributed by atoms with E-state index in [1.165, 1.54) is 28.3 Å². The predicted octanol–water partition coefficient (Wildman–Crippen LogP) is 5.69. The Morgan fingerprint density at radius 2 is 1.66 bits per heavy atom. The second-order valence-electron chi connectivity index (χ2n) is 7.08. The first kappa shape index (κ1) is 18.9. The summed E-state index contributed by atoms with van der Waals surface area (Å²) in [6, 6.07) is 21.4. The molecule has 0 fully saturated rings. The number of hydrogen-bond acceptors (Lipinski definition) is 2. The molecule has 1 aliphatic rings. The molecule has 0 saturated heterocycles. The Hall–Kier alpha value is -3.40. The van der Waals surface area contributed by atoms with Crippen LogP contribution >= 0.6 is 0 Å². The Labute approximate surface area is 169 Å². The van der Waals surface area contributed by atoms with Crippen LogP contribution in [-0.4, -0.2) is 19.2 Å². The van der Waals surface area contributed by atoms with Crippen LogP contribution in [0.1, 0.15) is 28.2 Å². The molecule has 0 spiro atoms. The van der Waals surface area contributed by atoms with Gasteiger partial charge in [0.15, 0.2) is 0 Å². The SMILES string of the molecule is Cc1cccc(F)c1C=CCNC(=O)OCC1c2ccccc2-c2ccccc21. The molecule has 0 unspecified atom stereocenters. The third-order valence-electron chi connectivity index (χ3n) is 5.26.